The van der Waals surface area contributed by atoms with Gasteiger partial charge in [0.05, 0.1) is 6.61 Å². The molecule has 2 aromatic rings. The number of H-pyrrole nitrogens is 1. The van der Waals surface area contributed by atoms with Crippen LogP contribution in [-0.4, -0.2) is 29.6 Å². The van der Waals surface area contributed by atoms with Crippen molar-refractivity contribution in [2.24, 2.45) is 11.8 Å². The predicted molar refractivity (Wildman–Crippen MR) is 123 cm³/mol. The van der Waals surface area contributed by atoms with Crippen LogP contribution < -0.4 is 10.3 Å². The Bertz CT molecular complexity index is 857. The number of allylic oxidation sites excluding steroid dienone is 1. The molecule has 30 heavy (non-hydrogen) atoms. The fourth-order valence-electron chi connectivity index (χ4n) is 4.62. The van der Waals surface area contributed by atoms with E-state index in [0.717, 1.165) is 56.3 Å². The molecule has 0 spiro atoms. The summed E-state index contributed by atoms with van der Waals surface area (Å²) in [5.74, 6) is 2.34. The number of hydrogen-bond acceptors (Lipinski definition) is 3. The highest BCUT2D eigenvalue weighted by molar-refractivity contribution is 5.50. The van der Waals surface area contributed by atoms with Crippen LogP contribution in [0.2, 0.25) is 0 Å². The summed E-state index contributed by atoms with van der Waals surface area (Å²) in [6.07, 6.45) is 15.3. The first kappa shape index (κ1) is 20.9. The van der Waals surface area contributed by atoms with Gasteiger partial charge in [0.15, 0.2) is 0 Å². The molecule has 2 heterocycles. The SMILES string of the molecule is O=c1[nH]cccc1CN1CCC(C=Cc2ccc(OCC3CCCCC3)cc2)CC1. The molecular formula is C26H34N2O2. The van der Waals surface area contributed by atoms with Gasteiger partial charge >= 0.3 is 0 Å². The maximum Gasteiger partial charge on any atom is 0.252 e. The molecule has 1 aliphatic carbocycles. The summed E-state index contributed by atoms with van der Waals surface area (Å²) in [4.78, 5) is 17.0. The largest absolute Gasteiger partial charge is 0.493 e. The predicted octanol–water partition coefficient (Wildman–Crippen LogP) is 5.26. The highest BCUT2D eigenvalue weighted by Crippen LogP contribution is 2.25. The molecule has 0 bridgehead atoms. The van der Waals surface area contributed by atoms with Gasteiger partial charge in [0.1, 0.15) is 5.75 Å². The van der Waals surface area contributed by atoms with E-state index in [0.29, 0.717) is 5.92 Å². The van der Waals surface area contributed by atoms with E-state index in [1.165, 1.54) is 37.7 Å². The van der Waals surface area contributed by atoms with E-state index in [4.69, 9.17) is 4.74 Å². The molecular weight excluding hydrogens is 372 g/mol. The second kappa shape index (κ2) is 10.6. The van der Waals surface area contributed by atoms with E-state index >= 15 is 0 Å². The summed E-state index contributed by atoms with van der Waals surface area (Å²) in [6, 6.07) is 12.3. The lowest BCUT2D eigenvalue weighted by atomic mass is 9.90. The average Bonchev–Trinajstić information content (AvgIpc) is 2.80. The van der Waals surface area contributed by atoms with Crippen molar-refractivity contribution in [1.82, 2.24) is 9.88 Å². The van der Waals surface area contributed by atoms with Crippen molar-refractivity contribution in [1.29, 1.82) is 0 Å². The highest BCUT2D eigenvalue weighted by Gasteiger charge is 2.18. The zero-order chi connectivity index (χ0) is 20.6. The molecule has 1 aromatic heterocycles. The van der Waals surface area contributed by atoms with E-state index in [1.807, 2.05) is 12.1 Å². The van der Waals surface area contributed by atoms with Gasteiger partial charge in [-0.05, 0) is 74.4 Å². The topological polar surface area (TPSA) is 45.3 Å². The maximum atomic E-state index is 11.9. The van der Waals surface area contributed by atoms with Crippen molar-refractivity contribution >= 4 is 6.08 Å². The Balaban J connectivity index is 1.20. The van der Waals surface area contributed by atoms with Crippen LogP contribution in [0.1, 0.15) is 56.1 Å². The minimum atomic E-state index is 0.0330. The molecule has 1 N–H and O–H groups in total. The number of nitrogens with zero attached hydrogens (tertiary/aromatic N) is 1. The van der Waals surface area contributed by atoms with Crippen LogP contribution in [0.4, 0.5) is 0 Å². The van der Waals surface area contributed by atoms with E-state index in [9.17, 15) is 4.79 Å². The second-order valence-corrected chi connectivity index (χ2v) is 8.88. The quantitative estimate of drug-likeness (QED) is 0.682. The van der Waals surface area contributed by atoms with Crippen LogP contribution in [0.5, 0.6) is 5.75 Å². The van der Waals surface area contributed by atoms with Crippen LogP contribution >= 0.6 is 0 Å². The fraction of sp³-hybridized carbons (Fsp3) is 0.500. The van der Waals surface area contributed by atoms with Crippen molar-refractivity contribution in [3.63, 3.8) is 0 Å². The van der Waals surface area contributed by atoms with Gasteiger partial charge in [0.2, 0.25) is 0 Å². The number of aromatic amines is 1. The number of piperidine rings is 1. The molecule has 1 saturated heterocycles. The molecule has 0 radical (unpaired) electrons. The Morgan fingerprint density at radius 3 is 2.50 bits per heavy atom. The van der Waals surface area contributed by atoms with Gasteiger partial charge in [-0.2, -0.15) is 0 Å². The molecule has 2 fully saturated rings. The molecule has 1 aromatic carbocycles. The summed E-state index contributed by atoms with van der Waals surface area (Å²) in [6.45, 7) is 3.69. The number of pyridine rings is 1. The molecule has 4 heteroatoms. The van der Waals surface area contributed by atoms with Gasteiger partial charge in [0.25, 0.3) is 5.56 Å². The Morgan fingerprint density at radius 1 is 1.00 bits per heavy atom. The van der Waals surface area contributed by atoms with Gasteiger partial charge in [0, 0.05) is 18.3 Å². The first-order valence-electron chi connectivity index (χ1n) is 11.6. The number of hydrogen-bond donors (Lipinski definition) is 1. The first-order valence-corrected chi connectivity index (χ1v) is 11.6. The Labute approximate surface area is 180 Å². The zero-order valence-electron chi connectivity index (χ0n) is 17.9. The monoisotopic (exact) mass is 406 g/mol. The molecule has 1 saturated carbocycles. The van der Waals surface area contributed by atoms with E-state index in [1.54, 1.807) is 6.20 Å². The Morgan fingerprint density at radius 2 is 1.77 bits per heavy atom. The molecule has 0 atom stereocenters. The lowest BCUT2D eigenvalue weighted by Gasteiger charge is -2.30. The van der Waals surface area contributed by atoms with Gasteiger partial charge in [-0.3, -0.25) is 9.69 Å². The normalized spacial score (nSPS) is 19.3. The molecule has 4 nitrogen and oxygen atoms in total. The van der Waals surface area contributed by atoms with Gasteiger partial charge in [-0.25, -0.2) is 0 Å². The van der Waals surface area contributed by atoms with E-state index < -0.39 is 0 Å². The lowest BCUT2D eigenvalue weighted by Crippen LogP contribution is -2.34. The second-order valence-electron chi connectivity index (χ2n) is 8.88. The third kappa shape index (κ3) is 6.09. The third-order valence-corrected chi connectivity index (χ3v) is 6.58. The number of likely N-dealkylation sites (tertiary alicyclic amines) is 1. The standard InChI is InChI=1S/C26H34N2O2/c29-26-24(7-4-16-27-26)19-28-17-14-22(15-18-28)9-8-21-10-12-25(13-11-21)30-20-23-5-2-1-3-6-23/h4,7-13,16,22-23H,1-3,5-6,14-15,17-20H2,(H,27,29). The van der Waals surface area contributed by atoms with Crippen LogP contribution in [0, 0.1) is 11.8 Å². The maximum absolute atomic E-state index is 11.9. The van der Waals surface area contributed by atoms with Crippen molar-refractivity contribution < 1.29 is 4.74 Å². The number of rotatable bonds is 7. The molecule has 1 aliphatic heterocycles. The molecule has 4 rings (SSSR count). The lowest BCUT2D eigenvalue weighted by molar-refractivity contribution is 0.195. The molecule has 2 aliphatic rings. The minimum Gasteiger partial charge on any atom is -0.493 e. The Hall–Kier alpha value is -2.33. The van der Waals surface area contributed by atoms with E-state index in [-0.39, 0.29) is 5.56 Å². The van der Waals surface area contributed by atoms with Gasteiger partial charge in [-0.1, -0.05) is 49.6 Å². The number of benzene rings is 1. The Kier molecular flexibility index (Phi) is 7.41. The van der Waals surface area contributed by atoms with Gasteiger partial charge < -0.3 is 9.72 Å². The third-order valence-electron chi connectivity index (χ3n) is 6.58. The van der Waals surface area contributed by atoms with Gasteiger partial charge in [-0.15, -0.1) is 0 Å². The van der Waals surface area contributed by atoms with Crippen LogP contribution in [0.25, 0.3) is 6.08 Å². The smallest absolute Gasteiger partial charge is 0.252 e. The summed E-state index contributed by atoms with van der Waals surface area (Å²) in [7, 11) is 0. The summed E-state index contributed by atoms with van der Waals surface area (Å²) in [5, 5.41) is 0. The van der Waals surface area contributed by atoms with Crippen molar-refractivity contribution in [3.8, 4) is 5.75 Å². The minimum absolute atomic E-state index is 0.0330. The summed E-state index contributed by atoms with van der Waals surface area (Å²) >= 11 is 0. The van der Waals surface area contributed by atoms with Crippen molar-refractivity contribution in [3.05, 3.63) is 70.2 Å². The molecule has 0 amide bonds. The summed E-state index contributed by atoms with van der Waals surface area (Å²) in [5.41, 5.74) is 2.13. The van der Waals surface area contributed by atoms with E-state index in [2.05, 4.69) is 46.3 Å². The molecule has 160 valence electrons. The number of aromatic nitrogens is 1. The molecule has 0 unspecified atom stereocenters. The van der Waals surface area contributed by atoms with Crippen molar-refractivity contribution in [2.75, 3.05) is 19.7 Å². The number of ether oxygens (including phenoxy) is 1. The summed E-state index contributed by atoms with van der Waals surface area (Å²) < 4.78 is 6.01. The van der Waals surface area contributed by atoms with Crippen molar-refractivity contribution in [2.45, 2.75) is 51.5 Å². The van der Waals surface area contributed by atoms with Crippen LogP contribution in [-0.2, 0) is 6.54 Å². The average molecular weight is 407 g/mol. The fourth-order valence-corrected chi connectivity index (χ4v) is 4.62. The van der Waals surface area contributed by atoms with Crippen LogP contribution in [0.15, 0.2) is 53.5 Å². The highest BCUT2D eigenvalue weighted by atomic mass is 16.5. The number of nitrogens with one attached hydrogen (secondary N) is 1. The van der Waals surface area contributed by atoms with Crippen LogP contribution in [0.3, 0.4) is 0 Å². The zero-order valence-corrected chi connectivity index (χ0v) is 17.9. The first-order chi connectivity index (χ1) is 14.8.